The van der Waals surface area contributed by atoms with Gasteiger partial charge in [0.1, 0.15) is 0 Å². The Bertz CT molecular complexity index is 499. The fourth-order valence-corrected chi connectivity index (χ4v) is 2.71. The number of piperazine rings is 1. The summed E-state index contributed by atoms with van der Waals surface area (Å²) in [6.07, 6.45) is 1.20. The van der Waals surface area contributed by atoms with Gasteiger partial charge in [-0.3, -0.25) is 9.59 Å². The Morgan fingerprint density at radius 1 is 1.05 bits per heavy atom. The van der Waals surface area contributed by atoms with Crippen LogP contribution in [0.5, 0.6) is 0 Å². The maximum atomic E-state index is 12.3. The maximum Gasteiger partial charge on any atom is 0.253 e. The molecule has 21 heavy (non-hydrogen) atoms. The monoisotopic (exact) mass is 372 g/mol. The SMILES string of the molecule is O=C(CCCCl)N1CCN(C(=O)c2ccc(Br)cc2)CC1. The first-order valence-electron chi connectivity index (χ1n) is 7.00. The zero-order valence-electron chi connectivity index (χ0n) is 11.7. The molecule has 1 aromatic rings. The van der Waals surface area contributed by atoms with Gasteiger partial charge < -0.3 is 9.80 Å². The van der Waals surface area contributed by atoms with E-state index < -0.39 is 0 Å². The van der Waals surface area contributed by atoms with E-state index in [0.29, 0.717) is 50.5 Å². The molecule has 1 aliphatic heterocycles. The summed E-state index contributed by atoms with van der Waals surface area (Å²) in [4.78, 5) is 27.9. The van der Waals surface area contributed by atoms with Crippen LogP contribution >= 0.6 is 27.5 Å². The predicted octanol–water partition coefficient (Wildman–Crippen LogP) is 2.75. The molecule has 0 aliphatic carbocycles. The van der Waals surface area contributed by atoms with Gasteiger partial charge >= 0.3 is 0 Å². The average molecular weight is 374 g/mol. The highest BCUT2D eigenvalue weighted by Crippen LogP contribution is 2.14. The number of amides is 2. The number of carbonyl (C=O) groups excluding carboxylic acids is 2. The van der Waals surface area contributed by atoms with Crippen molar-refractivity contribution in [1.82, 2.24) is 9.80 Å². The lowest BCUT2D eigenvalue weighted by Crippen LogP contribution is -2.50. The van der Waals surface area contributed by atoms with E-state index in [0.717, 1.165) is 4.47 Å². The summed E-state index contributed by atoms with van der Waals surface area (Å²) >= 11 is 8.96. The molecule has 4 nitrogen and oxygen atoms in total. The van der Waals surface area contributed by atoms with Crippen molar-refractivity contribution in [2.45, 2.75) is 12.8 Å². The van der Waals surface area contributed by atoms with Crippen molar-refractivity contribution in [2.75, 3.05) is 32.1 Å². The lowest BCUT2D eigenvalue weighted by Gasteiger charge is -2.35. The highest BCUT2D eigenvalue weighted by Gasteiger charge is 2.24. The van der Waals surface area contributed by atoms with Gasteiger partial charge in [-0.1, -0.05) is 15.9 Å². The topological polar surface area (TPSA) is 40.6 Å². The predicted molar refractivity (Wildman–Crippen MR) is 86.6 cm³/mol. The van der Waals surface area contributed by atoms with Crippen LogP contribution in [0.1, 0.15) is 23.2 Å². The molecule has 0 atom stereocenters. The third-order valence-electron chi connectivity index (χ3n) is 3.54. The fourth-order valence-electron chi connectivity index (χ4n) is 2.31. The molecule has 1 saturated heterocycles. The molecule has 6 heteroatoms. The normalized spacial score (nSPS) is 15.1. The summed E-state index contributed by atoms with van der Waals surface area (Å²) in [5.41, 5.74) is 0.681. The first kappa shape index (κ1) is 16.3. The Balaban J connectivity index is 1.87. The van der Waals surface area contributed by atoms with Gasteiger partial charge in [0.05, 0.1) is 0 Å². The smallest absolute Gasteiger partial charge is 0.253 e. The number of hydrogen-bond acceptors (Lipinski definition) is 2. The second kappa shape index (κ2) is 7.80. The number of nitrogens with zero attached hydrogens (tertiary/aromatic N) is 2. The molecule has 0 N–H and O–H groups in total. The lowest BCUT2D eigenvalue weighted by molar-refractivity contribution is -0.132. The van der Waals surface area contributed by atoms with E-state index in [1.807, 2.05) is 29.2 Å². The summed E-state index contributed by atoms with van der Waals surface area (Å²) in [7, 11) is 0. The third kappa shape index (κ3) is 4.45. The number of alkyl halides is 1. The van der Waals surface area contributed by atoms with Gasteiger partial charge in [-0.2, -0.15) is 0 Å². The zero-order valence-corrected chi connectivity index (χ0v) is 14.1. The minimum Gasteiger partial charge on any atom is -0.339 e. The fraction of sp³-hybridized carbons (Fsp3) is 0.467. The molecule has 0 bridgehead atoms. The second-order valence-electron chi connectivity index (χ2n) is 4.97. The Morgan fingerprint density at radius 2 is 1.62 bits per heavy atom. The summed E-state index contributed by atoms with van der Waals surface area (Å²) in [5.74, 6) is 0.662. The average Bonchev–Trinajstić information content (AvgIpc) is 2.53. The van der Waals surface area contributed by atoms with Crippen LogP contribution in [0.4, 0.5) is 0 Å². The van der Waals surface area contributed by atoms with Gasteiger partial charge in [0, 0.05) is 48.5 Å². The maximum absolute atomic E-state index is 12.3. The van der Waals surface area contributed by atoms with Crippen molar-refractivity contribution < 1.29 is 9.59 Å². The largest absolute Gasteiger partial charge is 0.339 e. The van der Waals surface area contributed by atoms with Crippen molar-refractivity contribution >= 4 is 39.3 Å². The van der Waals surface area contributed by atoms with Gasteiger partial charge in [0.15, 0.2) is 0 Å². The first-order chi connectivity index (χ1) is 10.1. The lowest BCUT2D eigenvalue weighted by atomic mass is 10.2. The molecule has 0 saturated carbocycles. The van der Waals surface area contributed by atoms with E-state index in [1.165, 1.54) is 0 Å². The van der Waals surface area contributed by atoms with Crippen LogP contribution in [0.2, 0.25) is 0 Å². The van der Waals surface area contributed by atoms with Crippen LogP contribution in [-0.4, -0.2) is 53.7 Å². The van der Waals surface area contributed by atoms with Gasteiger partial charge in [-0.25, -0.2) is 0 Å². The molecule has 1 heterocycles. The Labute approximate surface area is 138 Å². The molecule has 1 aliphatic rings. The summed E-state index contributed by atoms with van der Waals surface area (Å²) in [5, 5.41) is 0. The van der Waals surface area contributed by atoms with Gasteiger partial charge in [-0.15, -0.1) is 11.6 Å². The Morgan fingerprint density at radius 3 is 2.19 bits per heavy atom. The molecule has 0 aromatic heterocycles. The van der Waals surface area contributed by atoms with Crippen LogP contribution in [-0.2, 0) is 4.79 Å². The molecule has 0 radical (unpaired) electrons. The third-order valence-corrected chi connectivity index (χ3v) is 4.33. The number of halogens is 2. The van der Waals surface area contributed by atoms with Gasteiger partial charge in [0.25, 0.3) is 5.91 Å². The van der Waals surface area contributed by atoms with E-state index >= 15 is 0 Å². The highest BCUT2D eigenvalue weighted by molar-refractivity contribution is 9.10. The van der Waals surface area contributed by atoms with Gasteiger partial charge in [0.2, 0.25) is 5.91 Å². The number of rotatable bonds is 4. The standard InChI is InChI=1S/C15H18BrClN2O2/c16-13-5-3-12(4-6-13)15(21)19-10-8-18(9-11-19)14(20)2-1-7-17/h3-6H,1-2,7-11H2. The number of benzene rings is 1. The summed E-state index contributed by atoms with van der Waals surface area (Å²) < 4.78 is 0.953. The van der Waals surface area contributed by atoms with E-state index in [2.05, 4.69) is 15.9 Å². The minimum atomic E-state index is 0.0235. The first-order valence-corrected chi connectivity index (χ1v) is 8.33. The van der Waals surface area contributed by atoms with Crippen molar-refractivity contribution in [1.29, 1.82) is 0 Å². The van der Waals surface area contributed by atoms with Crippen LogP contribution < -0.4 is 0 Å². The van der Waals surface area contributed by atoms with Crippen LogP contribution in [0.25, 0.3) is 0 Å². The molecular weight excluding hydrogens is 356 g/mol. The molecule has 114 valence electrons. The van der Waals surface area contributed by atoms with Crippen LogP contribution in [0.15, 0.2) is 28.7 Å². The minimum absolute atomic E-state index is 0.0235. The highest BCUT2D eigenvalue weighted by atomic mass is 79.9. The summed E-state index contributed by atoms with van der Waals surface area (Å²) in [6, 6.07) is 7.34. The van der Waals surface area contributed by atoms with Crippen molar-refractivity contribution in [3.05, 3.63) is 34.3 Å². The zero-order chi connectivity index (χ0) is 15.2. The Hall–Kier alpha value is -1.07. The molecule has 2 amide bonds. The molecule has 1 aromatic carbocycles. The quantitative estimate of drug-likeness (QED) is 0.762. The van der Waals surface area contributed by atoms with Crippen molar-refractivity contribution in [2.24, 2.45) is 0 Å². The number of hydrogen-bond donors (Lipinski definition) is 0. The van der Waals surface area contributed by atoms with E-state index in [-0.39, 0.29) is 11.8 Å². The second-order valence-corrected chi connectivity index (χ2v) is 6.27. The van der Waals surface area contributed by atoms with Crippen LogP contribution in [0.3, 0.4) is 0 Å². The van der Waals surface area contributed by atoms with Crippen LogP contribution in [0, 0.1) is 0 Å². The Kier molecular flexibility index (Phi) is 6.06. The molecular formula is C15H18BrClN2O2. The summed E-state index contributed by atoms with van der Waals surface area (Å²) in [6.45, 7) is 2.37. The molecule has 0 unspecified atom stereocenters. The van der Waals surface area contributed by atoms with E-state index in [9.17, 15) is 9.59 Å². The molecule has 1 fully saturated rings. The molecule has 0 spiro atoms. The van der Waals surface area contributed by atoms with Crippen molar-refractivity contribution in [3.63, 3.8) is 0 Å². The molecule has 2 rings (SSSR count). The van der Waals surface area contributed by atoms with Crippen molar-refractivity contribution in [3.8, 4) is 0 Å². The van der Waals surface area contributed by atoms with Gasteiger partial charge in [-0.05, 0) is 30.7 Å². The van der Waals surface area contributed by atoms with E-state index in [1.54, 1.807) is 4.90 Å². The number of carbonyl (C=O) groups is 2. The van der Waals surface area contributed by atoms with E-state index in [4.69, 9.17) is 11.6 Å².